The summed E-state index contributed by atoms with van der Waals surface area (Å²) in [6, 6.07) is 10.1. The molecule has 1 saturated heterocycles. The lowest BCUT2D eigenvalue weighted by Crippen LogP contribution is -2.40. The van der Waals surface area contributed by atoms with E-state index >= 15 is 0 Å². The van der Waals surface area contributed by atoms with E-state index in [1.165, 1.54) is 0 Å². The number of rotatable bonds is 5. The van der Waals surface area contributed by atoms with Crippen LogP contribution >= 0.6 is 0 Å². The molecule has 0 radical (unpaired) electrons. The Hall–Kier alpha value is -3.09. The summed E-state index contributed by atoms with van der Waals surface area (Å²) >= 11 is 0. The first-order chi connectivity index (χ1) is 15.0. The molecule has 5 rings (SSSR count). The average molecular weight is 421 g/mol. The van der Waals surface area contributed by atoms with E-state index < -0.39 is 5.97 Å². The minimum absolute atomic E-state index is 0.152. The van der Waals surface area contributed by atoms with Crippen molar-refractivity contribution in [3.05, 3.63) is 53.2 Å². The number of hydrogen-bond acceptors (Lipinski definition) is 5. The monoisotopic (exact) mass is 421 g/mol. The zero-order chi connectivity index (χ0) is 21.5. The molecule has 1 aromatic carbocycles. The van der Waals surface area contributed by atoms with E-state index in [9.17, 15) is 9.59 Å². The van der Waals surface area contributed by atoms with E-state index in [2.05, 4.69) is 9.55 Å². The van der Waals surface area contributed by atoms with Crippen LogP contribution in [0, 0.1) is 13.8 Å². The topological polar surface area (TPSA) is 77.6 Å². The van der Waals surface area contributed by atoms with Crippen LogP contribution in [0.25, 0.3) is 11.1 Å². The van der Waals surface area contributed by atoms with Crippen LogP contribution in [-0.2, 0) is 9.53 Å². The molecule has 7 heteroatoms. The number of carbonyl (C=O) groups is 2. The number of likely N-dealkylation sites (tertiary alicyclic amines) is 1. The lowest BCUT2D eigenvalue weighted by Gasteiger charge is -2.30. The third kappa shape index (κ3) is 3.84. The van der Waals surface area contributed by atoms with Gasteiger partial charge in [0.05, 0.1) is 5.56 Å². The van der Waals surface area contributed by atoms with Gasteiger partial charge in [0.25, 0.3) is 5.91 Å². The Morgan fingerprint density at radius 1 is 1.13 bits per heavy atom. The van der Waals surface area contributed by atoms with Gasteiger partial charge in [0, 0.05) is 36.4 Å². The number of aromatic nitrogens is 2. The molecule has 2 aromatic heterocycles. The highest BCUT2D eigenvalue weighted by Crippen LogP contribution is 2.38. The highest BCUT2D eigenvalue weighted by molar-refractivity contribution is 5.92. The molecule has 3 heterocycles. The van der Waals surface area contributed by atoms with Crippen LogP contribution in [0.15, 0.2) is 34.7 Å². The van der Waals surface area contributed by atoms with Crippen molar-refractivity contribution >= 4 is 23.0 Å². The number of ether oxygens (including phenoxy) is 1. The van der Waals surface area contributed by atoms with E-state index in [-0.39, 0.29) is 18.4 Å². The first-order valence-electron chi connectivity index (χ1n) is 11.0. The van der Waals surface area contributed by atoms with Crippen LogP contribution < -0.4 is 0 Å². The number of aryl methyl sites for hydroxylation is 1. The first-order valence-corrected chi connectivity index (χ1v) is 11.0. The molecule has 3 aromatic rings. The van der Waals surface area contributed by atoms with E-state index in [1.54, 1.807) is 4.90 Å². The molecular formula is C24H27N3O4. The number of piperidine rings is 1. The van der Waals surface area contributed by atoms with Crippen LogP contribution in [0.3, 0.4) is 0 Å². The lowest BCUT2D eigenvalue weighted by molar-refractivity contribution is -0.135. The van der Waals surface area contributed by atoms with Gasteiger partial charge < -0.3 is 18.6 Å². The van der Waals surface area contributed by atoms with E-state index in [0.29, 0.717) is 24.7 Å². The molecule has 0 spiro atoms. The molecule has 1 aliphatic carbocycles. The molecule has 1 amide bonds. The molecule has 1 saturated carbocycles. The number of benzene rings is 1. The average Bonchev–Trinajstić information content (AvgIpc) is 3.43. The van der Waals surface area contributed by atoms with Gasteiger partial charge in [0.2, 0.25) is 0 Å². The van der Waals surface area contributed by atoms with Crippen molar-refractivity contribution in [1.82, 2.24) is 14.5 Å². The number of oxazole rings is 1. The Morgan fingerprint density at radius 3 is 2.58 bits per heavy atom. The molecule has 2 fully saturated rings. The number of carbonyl (C=O) groups excluding carboxylic acids is 2. The Morgan fingerprint density at radius 2 is 1.87 bits per heavy atom. The van der Waals surface area contributed by atoms with Crippen LogP contribution in [0.4, 0.5) is 0 Å². The van der Waals surface area contributed by atoms with Gasteiger partial charge in [-0.15, -0.1) is 0 Å². The van der Waals surface area contributed by atoms with Crippen LogP contribution in [0.1, 0.15) is 65.3 Å². The molecule has 0 bridgehead atoms. The van der Waals surface area contributed by atoms with Crippen molar-refractivity contribution in [2.45, 2.75) is 51.5 Å². The zero-order valence-electron chi connectivity index (χ0n) is 18.0. The van der Waals surface area contributed by atoms with Gasteiger partial charge in [-0.25, -0.2) is 9.78 Å². The fraction of sp³-hybridized carbons (Fsp3) is 0.458. The second kappa shape index (κ2) is 7.87. The van der Waals surface area contributed by atoms with Gasteiger partial charge in [-0.2, -0.15) is 0 Å². The first kappa shape index (κ1) is 19.8. The number of nitrogens with zero attached hydrogens (tertiary/aromatic N) is 3. The van der Waals surface area contributed by atoms with Crippen LogP contribution in [-0.4, -0.2) is 46.0 Å². The van der Waals surface area contributed by atoms with Gasteiger partial charge in [-0.05, 0) is 57.7 Å². The minimum Gasteiger partial charge on any atom is -0.452 e. The Kier molecular flexibility index (Phi) is 5.04. The molecule has 2 aliphatic rings. The lowest BCUT2D eigenvalue weighted by atomic mass is 9.97. The highest BCUT2D eigenvalue weighted by atomic mass is 16.5. The summed E-state index contributed by atoms with van der Waals surface area (Å²) in [4.78, 5) is 31.5. The summed E-state index contributed by atoms with van der Waals surface area (Å²) in [6.07, 6.45) is 3.88. The van der Waals surface area contributed by atoms with Crippen molar-refractivity contribution in [2.75, 3.05) is 19.7 Å². The molecule has 0 N–H and O–H groups in total. The predicted molar refractivity (Wildman–Crippen MR) is 115 cm³/mol. The number of fused-ring (bicyclic) bond motifs is 1. The van der Waals surface area contributed by atoms with Crippen LogP contribution in [0.2, 0.25) is 0 Å². The molecule has 7 nitrogen and oxygen atoms in total. The summed E-state index contributed by atoms with van der Waals surface area (Å²) in [7, 11) is 0. The van der Waals surface area contributed by atoms with Gasteiger partial charge in [-0.3, -0.25) is 4.79 Å². The summed E-state index contributed by atoms with van der Waals surface area (Å²) in [5.41, 5.74) is 4.22. The Balaban J connectivity index is 1.15. The number of para-hydroxylation sites is 2. The summed E-state index contributed by atoms with van der Waals surface area (Å²) in [6.45, 7) is 4.94. The molecular weight excluding hydrogens is 394 g/mol. The summed E-state index contributed by atoms with van der Waals surface area (Å²) in [5, 5.41) is 0. The predicted octanol–water partition coefficient (Wildman–Crippen LogP) is 4.14. The fourth-order valence-electron chi connectivity index (χ4n) is 4.62. The van der Waals surface area contributed by atoms with E-state index in [0.717, 1.165) is 54.1 Å². The maximum Gasteiger partial charge on any atom is 0.340 e. The third-order valence-electron chi connectivity index (χ3n) is 6.45. The maximum absolute atomic E-state index is 12.6. The van der Waals surface area contributed by atoms with Crippen molar-refractivity contribution in [3.63, 3.8) is 0 Å². The fourth-order valence-corrected chi connectivity index (χ4v) is 4.62. The van der Waals surface area contributed by atoms with Crippen molar-refractivity contribution in [3.8, 4) is 0 Å². The maximum atomic E-state index is 12.6. The number of hydrogen-bond donors (Lipinski definition) is 0. The number of esters is 1. The standard InChI is InChI=1S/C24H27N3O4/c1-15-13-19(16(2)27(15)18-7-8-18)24(29)30-14-22(28)26-11-9-17(10-12-26)23-25-20-5-3-4-6-21(20)31-23/h3-6,13,17-18H,7-12,14H2,1-2H3. The molecule has 0 unspecified atom stereocenters. The van der Waals surface area contributed by atoms with Gasteiger partial charge in [0.15, 0.2) is 18.1 Å². The van der Waals surface area contributed by atoms with Crippen molar-refractivity contribution in [2.24, 2.45) is 0 Å². The second-order valence-electron chi connectivity index (χ2n) is 8.64. The second-order valence-corrected chi connectivity index (χ2v) is 8.64. The SMILES string of the molecule is Cc1cc(C(=O)OCC(=O)N2CCC(c3nc4ccccc4o3)CC2)c(C)n1C1CC1. The highest BCUT2D eigenvalue weighted by Gasteiger charge is 2.30. The summed E-state index contributed by atoms with van der Waals surface area (Å²) < 4.78 is 13.5. The van der Waals surface area contributed by atoms with Crippen LogP contribution in [0.5, 0.6) is 0 Å². The van der Waals surface area contributed by atoms with E-state index in [4.69, 9.17) is 9.15 Å². The molecule has 0 atom stereocenters. The van der Waals surface area contributed by atoms with Crippen molar-refractivity contribution in [1.29, 1.82) is 0 Å². The largest absolute Gasteiger partial charge is 0.452 e. The van der Waals surface area contributed by atoms with Gasteiger partial charge >= 0.3 is 5.97 Å². The molecule has 1 aliphatic heterocycles. The zero-order valence-corrected chi connectivity index (χ0v) is 18.0. The minimum atomic E-state index is -0.422. The summed E-state index contributed by atoms with van der Waals surface area (Å²) in [5.74, 6) is 0.368. The smallest absolute Gasteiger partial charge is 0.340 e. The quantitative estimate of drug-likeness (QED) is 0.579. The molecule has 162 valence electrons. The normalized spacial score (nSPS) is 17.3. The Bertz CT molecular complexity index is 1100. The Labute approximate surface area is 181 Å². The third-order valence-corrected chi connectivity index (χ3v) is 6.45. The van der Waals surface area contributed by atoms with Gasteiger partial charge in [0.1, 0.15) is 5.52 Å². The molecule has 31 heavy (non-hydrogen) atoms. The number of amides is 1. The van der Waals surface area contributed by atoms with Gasteiger partial charge in [-0.1, -0.05) is 12.1 Å². The van der Waals surface area contributed by atoms with Crippen molar-refractivity contribution < 1.29 is 18.7 Å². The van der Waals surface area contributed by atoms with E-state index in [1.807, 2.05) is 44.2 Å².